The Morgan fingerprint density at radius 2 is 1.85 bits per heavy atom. The largest absolute Gasteiger partial charge is 0.370 e. The van der Waals surface area contributed by atoms with Gasteiger partial charge in [0.1, 0.15) is 6.04 Å². The zero-order valence-electron chi connectivity index (χ0n) is 11.5. The first-order valence-corrected chi connectivity index (χ1v) is 7.16. The van der Waals surface area contributed by atoms with Crippen LogP contribution in [-0.4, -0.2) is 5.91 Å². The molecule has 0 heterocycles. The number of benzene rings is 2. The van der Waals surface area contributed by atoms with Crippen molar-refractivity contribution in [3.05, 3.63) is 63.6 Å². The minimum absolute atomic E-state index is 0.394. The van der Waals surface area contributed by atoms with Crippen LogP contribution in [-0.2, 0) is 4.79 Å². The third-order valence-electron chi connectivity index (χ3n) is 3.24. The minimum Gasteiger partial charge on any atom is -0.370 e. The molecular formula is C16H17BrN2O. The normalized spacial score (nSPS) is 11.9. The molecule has 0 saturated heterocycles. The number of anilines is 1. The van der Waals surface area contributed by atoms with E-state index in [9.17, 15) is 4.79 Å². The first-order chi connectivity index (χ1) is 9.49. The molecule has 0 aliphatic carbocycles. The average Bonchev–Trinajstić information content (AvgIpc) is 2.41. The van der Waals surface area contributed by atoms with Crippen molar-refractivity contribution in [2.24, 2.45) is 5.73 Å². The van der Waals surface area contributed by atoms with Crippen LogP contribution >= 0.6 is 15.9 Å². The second-order valence-corrected chi connectivity index (χ2v) is 5.66. The molecule has 1 unspecified atom stereocenters. The van der Waals surface area contributed by atoms with Crippen LogP contribution in [0.25, 0.3) is 0 Å². The standard InChI is InChI=1S/C16H17BrN2O/c1-10-5-3-4-6-14(10)19-15(16(18)20)12-7-8-13(17)11(2)9-12/h3-9,15,19H,1-2H3,(H2,18,20). The number of carbonyl (C=O) groups excluding carboxylic acids is 1. The molecule has 0 aromatic heterocycles. The van der Waals surface area contributed by atoms with E-state index in [1.807, 2.05) is 56.3 Å². The highest BCUT2D eigenvalue weighted by Gasteiger charge is 2.18. The lowest BCUT2D eigenvalue weighted by Gasteiger charge is -2.19. The van der Waals surface area contributed by atoms with E-state index in [-0.39, 0.29) is 0 Å². The van der Waals surface area contributed by atoms with Gasteiger partial charge in [0.15, 0.2) is 0 Å². The van der Waals surface area contributed by atoms with Crippen LogP contribution < -0.4 is 11.1 Å². The Labute approximate surface area is 127 Å². The Morgan fingerprint density at radius 3 is 2.45 bits per heavy atom. The van der Waals surface area contributed by atoms with Gasteiger partial charge in [-0.05, 0) is 42.7 Å². The maximum atomic E-state index is 11.8. The SMILES string of the molecule is Cc1cc(C(Nc2ccccc2C)C(N)=O)ccc1Br. The van der Waals surface area contributed by atoms with E-state index in [0.29, 0.717) is 0 Å². The van der Waals surface area contributed by atoms with Crippen LogP contribution in [0.15, 0.2) is 46.9 Å². The summed E-state index contributed by atoms with van der Waals surface area (Å²) in [6.07, 6.45) is 0. The Morgan fingerprint density at radius 1 is 1.15 bits per heavy atom. The van der Waals surface area contributed by atoms with Crippen molar-refractivity contribution >= 4 is 27.5 Å². The van der Waals surface area contributed by atoms with Crippen molar-refractivity contribution < 1.29 is 4.79 Å². The maximum absolute atomic E-state index is 11.8. The third kappa shape index (κ3) is 3.20. The second kappa shape index (κ2) is 6.09. The fraction of sp³-hybridized carbons (Fsp3) is 0.188. The topological polar surface area (TPSA) is 55.1 Å². The van der Waals surface area contributed by atoms with Crippen molar-refractivity contribution in [3.63, 3.8) is 0 Å². The van der Waals surface area contributed by atoms with Crippen LogP contribution in [0, 0.1) is 13.8 Å². The van der Waals surface area contributed by atoms with E-state index in [0.717, 1.165) is 26.9 Å². The van der Waals surface area contributed by atoms with E-state index >= 15 is 0 Å². The summed E-state index contributed by atoms with van der Waals surface area (Å²) in [5.74, 6) is -0.394. The molecule has 4 heteroatoms. The Balaban J connectivity index is 2.34. The zero-order valence-corrected chi connectivity index (χ0v) is 13.1. The smallest absolute Gasteiger partial charge is 0.244 e. The summed E-state index contributed by atoms with van der Waals surface area (Å²) < 4.78 is 1.01. The third-order valence-corrected chi connectivity index (χ3v) is 4.13. The Bertz CT molecular complexity index is 640. The van der Waals surface area contributed by atoms with E-state index in [1.165, 1.54) is 0 Å². The van der Waals surface area contributed by atoms with Crippen LogP contribution in [0.4, 0.5) is 5.69 Å². The highest BCUT2D eigenvalue weighted by Crippen LogP contribution is 2.25. The lowest BCUT2D eigenvalue weighted by atomic mass is 10.0. The number of nitrogens with two attached hydrogens (primary N) is 1. The molecule has 1 atom stereocenters. The van der Waals surface area contributed by atoms with Crippen LogP contribution in [0.2, 0.25) is 0 Å². The van der Waals surface area contributed by atoms with Gasteiger partial charge in [-0.1, -0.05) is 46.3 Å². The predicted octanol–water partition coefficient (Wildman–Crippen LogP) is 3.70. The van der Waals surface area contributed by atoms with Gasteiger partial charge in [0.2, 0.25) is 5.91 Å². The lowest BCUT2D eigenvalue weighted by molar-refractivity contribution is -0.118. The van der Waals surface area contributed by atoms with Gasteiger partial charge < -0.3 is 11.1 Å². The highest BCUT2D eigenvalue weighted by atomic mass is 79.9. The number of hydrogen-bond acceptors (Lipinski definition) is 2. The van der Waals surface area contributed by atoms with E-state index in [4.69, 9.17) is 5.73 Å². The van der Waals surface area contributed by atoms with Gasteiger partial charge in [0, 0.05) is 10.2 Å². The van der Waals surface area contributed by atoms with Crippen LogP contribution in [0.3, 0.4) is 0 Å². The van der Waals surface area contributed by atoms with Gasteiger partial charge in [-0.25, -0.2) is 0 Å². The van der Waals surface area contributed by atoms with Gasteiger partial charge in [0.25, 0.3) is 0 Å². The molecular weight excluding hydrogens is 316 g/mol. The fourth-order valence-corrected chi connectivity index (χ4v) is 2.30. The van der Waals surface area contributed by atoms with Gasteiger partial charge in [-0.2, -0.15) is 0 Å². The monoisotopic (exact) mass is 332 g/mol. The summed E-state index contributed by atoms with van der Waals surface area (Å²) in [5.41, 5.74) is 9.46. The molecule has 104 valence electrons. The highest BCUT2D eigenvalue weighted by molar-refractivity contribution is 9.10. The number of amides is 1. The minimum atomic E-state index is -0.539. The van der Waals surface area contributed by atoms with Gasteiger partial charge in [-0.3, -0.25) is 4.79 Å². The van der Waals surface area contributed by atoms with E-state index < -0.39 is 11.9 Å². The summed E-state index contributed by atoms with van der Waals surface area (Å²) in [6.45, 7) is 3.98. The molecule has 0 spiro atoms. The number of nitrogens with one attached hydrogen (secondary N) is 1. The quantitative estimate of drug-likeness (QED) is 0.896. The van der Waals surface area contributed by atoms with Crippen molar-refractivity contribution in [2.45, 2.75) is 19.9 Å². The molecule has 2 aromatic rings. The van der Waals surface area contributed by atoms with Gasteiger partial charge in [-0.15, -0.1) is 0 Å². The number of carbonyl (C=O) groups is 1. The molecule has 1 amide bonds. The molecule has 3 N–H and O–H groups in total. The summed E-state index contributed by atoms with van der Waals surface area (Å²) in [5, 5.41) is 3.22. The molecule has 0 saturated carbocycles. The number of para-hydroxylation sites is 1. The summed E-state index contributed by atoms with van der Waals surface area (Å²) in [7, 11) is 0. The van der Waals surface area contributed by atoms with Crippen molar-refractivity contribution in [1.29, 1.82) is 0 Å². The molecule has 0 fully saturated rings. The first kappa shape index (κ1) is 14.6. The molecule has 0 aliphatic heterocycles. The average molecular weight is 333 g/mol. The van der Waals surface area contributed by atoms with Crippen LogP contribution in [0.5, 0.6) is 0 Å². The maximum Gasteiger partial charge on any atom is 0.244 e. The molecule has 0 bridgehead atoms. The van der Waals surface area contributed by atoms with Crippen molar-refractivity contribution in [3.8, 4) is 0 Å². The number of rotatable bonds is 4. The zero-order chi connectivity index (χ0) is 14.7. The van der Waals surface area contributed by atoms with E-state index in [2.05, 4.69) is 21.2 Å². The molecule has 0 aliphatic rings. The van der Waals surface area contributed by atoms with E-state index in [1.54, 1.807) is 0 Å². The molecule has 2 aromatic carbocycles. The molecule has 20 heavy (non-hydrogen) atoms. The lowest BCUT2D eigenvalue weighted by Crippen LogP contribution is -2.28. The first-order valence-electron chi connectivity index (χ1n) is 6.36. The van der Waals surface area contributed by atoms with Gasteiger partial charge in [0.05, 0.1) is 0 Å². The molecule has 2 rings (SSSR count). The van der Waals surface area contributed by atoms with Crippen LogP contribution in [0.1, 0.15) is 22.7 Å². The number of aryl methyl sites for hydroxylation is 2. The summed E-state index contributed by atoms with van der Waals surface area (Å²) in [4.78, 5) is 11.8. The Kier molecular flexibility index (Phi) is 4.45. The number of primary amides is 1. The molecule has 3 nitrogen and oxygen atoms in total. The predicted molar refractivity (Wildman–Crippen MR) is 85.6 cm³/mol. The summed E-state index contributed by atoms with van der Waals surface area (Å²) >= 11 is 3.46. The molecule has 0 radical (unpaired) electrons. The summed E-state index contributed by atoms with van der Waals surface area (Å²) in [6, 6.07) is 13.1. The second-order valence-electron chi connectivity index (χ2n) is 4.80. The van der Waals surface area contributed by atoms with Crippen molar-refractivity contribution in [2.75, 3.05) is 5.32 Å². The number of halogens is 1. The van der Waals surface area contributed by atoms with Gasteiger partial charge >= 0.3 is 0 Å². The number of hydrogen-bond donors (Lipinski definition) is 2. The Hall–Kier alpha value is -1.81. The van der Waals surface area contributed by atoms with Crippen molar-refractivity contribution in [1.82, 2.24) is 0 Å². The fourth-order valence-electron chi connectivity index (χ4n) is 2.06.